The lowest BCUT2D eigenvalue weighted by Crippen LogP contribution is -2.43. The Kier molecular flexibility index (Phi) is 6.70. The summed E-state index contributed by atoms with van der Waals surface area (Å²) in [4.78, 5) is 12.1. The average Bonchev–Trinajstić information content (AvgIpc) is 2.80. The minimum absolute atomic E-state index is 0.305. The second-order valence-electron chi connectivity index (χ2n) is 7.05. The smallest absolute Gasteiger partial charge is 0.355 e. The van der Waals surface area contributed by atoms with Crippen molar-refractivity contribution in [3.8, 4) is 11.6 Å². The van der Waals surface area contributed by atoms with Crippen molar-refractivity contribution < 1.29 is 9.53 Å². The third-order valence-electron chi connectivity index (χ3n) is 4.81. The zero-order valence-electron chi connectivity index (χ0n) is 15.9. The van der Waals surface area contributed by atoms with E-state index in [9.17, 15) is 4.79 Å². The Morgan fingerprint density at radius 3 is 2.09 bits per heavy atom. The fourth-order valence-electron chi connectivity index (χ4n) is 3.64. The molecule has 0 aliphatic heterocycles. The number of hydrogen-bond acceptors (Lipinski definition) is 2. The van der Waals surface area contributed by atoms with Crippen molar-refractivity contribution >= 4 is 14.0 Å². The summed E-state index contributed by atoms with van der Waals surface area (Å²) in [5.41, 5.74) is 6.85. The molecule has 1 aromatic rings. The Morgan fingerprint density at radius 1 is 1.13 bits per heavy atom. The van der Waals surface area contributed by atoms with Gasteiger partial charge in [-0.2, -0.15) is 0 Å². The van der Waals surface area contributed by atoms with Gasteiger partial charge in [-0.05, 0) is 42.6 Å². The highest BCUT2D eigenvalue weighted by Gasteiger charge is 2.41. The number of nitrogens with zero attached hydrogens (tertiary/aromatic N) is 1. The molecule has 0 aromatic carbocycles. The van der Waals surface area contributed by atoms with Crippen molar-refractivity contribution in [1.29, 1.82) is 0 Å². The van der Waals surface area contributed by atoms with Crippen LogP contribution < -0.4 is 0 Å². The predicted octanol–water partition coefficient (Wildman–Crippen LogP) is 5.00. The van der Waals surface area contributed by atoms with Gasteiger partial charge in [0.05, 0.1) is 6.61 Å². The van der Waals surface area contributed by atoms with Crippen molar-refractivity contribution in [2.45, 2.75) is 72.0 Å². The molecule has 0 aliphatic carbocycles. The van der Waals surface area contributed by atoms with Gasteiger partial charge in [0.15, 0.2) is 0 Å². The van der Waals surface area contributed by atoms with Crippen LogP contribution in [0.5, 0.6) is 0 Å². The van der Waals surface area contributed by atoms with Crippen LogP contribution in [0.2, 0.25) is 16.6 Å². The first-order valence-corrected chi connectivity index (χ1v) is 10.8. The summed E-state index contributed by atoms with van der Waals surface area (Å²) >= 11 is 0. The van der Waals surface area contributed by atoms with Gasteiger partial charge in [-0.3, -0.25) is 4.57 Å². The lowest BCUT2D eigenvalue weighted by atomic mass is 10.4. The van der Waals surface area contributed by atoms with E-state index < -0.39 is 8.07 Å². The number of hydrogen-bond donors (Lipinski definition) is 0. The fraction of sp³-hybridized carbons (Fsp3) is 0.632. The molecule has 1 aromatic heterocycles. The number of ether oxygens (including phenoxy) is 1. The van der Waals surface area contributed by atoms with E-state index in [1.165, 1.54) is 0 Å². The van der Waals surface area contributed by atoms with E-state index in [4.69, 9.17) is 4.74 Å². The van der Waals surface area contributed by atoms with E-state index in [-0.39, 0.29) is 5.97 Å². The highest BCUT2D eigenvalue weighted by Crippen LogP contribution is 2.40. The topological polar surface area (TPSA) is 31.2 Å². The van der Waals surface area contributed by atoms with Crippen LogP contribution in [0.15, 0.2) is 12.1 Å². The van der Waals surface area contributed by atoms with Gasteiger partial charge in [-0.15, -0.1) is 5.54 Å². The van der Waals surface area contributed by atoms with Crippen LogP contribution in [-0.2, 0) is 4.74 Å². The Balaban J connectivity index is 3.39. The van der Waals surface area contributed by atoms with Gasteiger partial charge in [0.2, 0.25) is 0 Å². The molecule has 0 spiro atoms. The number of carbonyl (C=O) groups is 1. The standard InChI is InChI=1S/C19H31NO2Si/c1-9-22-19(21)18-11-10-17(8)20(18)12-13-23(14(2)3,15(4)5)16(6)7/h10-11,14-16H,9H2,1-8H3. The molecule has 128 valence electrons. The molecule has 0 radical (unpaired) electrons. The zero-order valence-corrected chi connectivity index (χ0v) is 16.9. The van der Waals surface area contributed by atoms with Gasteiger partial charge >= 0.3 is 5.97 Å². The Labute approximate surface area is 142 Å². The zero-order chi connectivity index (χ0) is 17.8. The molecular formula is C19H31NO2Si. The molecule has 0 N–H and O–H groups in total. The van der Waals surface area contributed by atoms with E-state index in [1.54, 1.807) is 10.6 Å². The van der Waals surface area contributed by atoms with Gasteiger partial charge in [0.25, 0.3) is 0 Å². The largest absolute Gasteiger partial charge is 0.461 e. The van der Waals surface area contributed by atoms with E-state index in [1.807, 2.05) is 19.9 Å². The summed E-state index contributed by atoms with van der Waals surface area (Å²) in [6, 6.07) is 7.03. The molecule has 0 saturated carbocycles. The predicted molar refractivity (Wildman–Crippen MR) is 99.3 cm³/mol. The summed E-state index contributed by atoms with van der Waals surface area (Å²) in [6.45, 7) is 17.9. The van der Waals surface area contributed by atoms with Crippen LogP contribution in [0, 0.1) is 18.5 Å². The highest BCUT2D eigenvalue weighted by atomic mass is 28.3. The molecule has 1 heterocycles. The monoisotopic (exact) mass is 333 g/mol. The molecule has 3 nitrogen and oxygen atoms in total. The molecule has 0 amide bonds. The van der Waals surface area contributed by atoms with E-state index in [0.29, 0.717) is 28.9 Å². The Hall–Kier alpha value is -1.47. The number of esters is 1. The first-order valence-electron chi connectivity index (χ1n) is 8.57. The number of carbonyl (C=O) groups excluding carboxylic acids is 1. The van der Waals surface area contributed by atoms with Crippen LogP contribution >= 0.6 is 0 Å². The molecule has 0 atom stereocenters. The molecule has 0 bridgehead atoms. The number of aromatic nitrogens is 1. The summed E-state index contributed by atoms with van der Waals surface area (Å²) in [5, 5.41) is 0. The average molecular weight is 334 g/mol. The second kappa shape index (κ2) is 7.87. The molecule has 0 fully saturated rings. The van der Waals surface area contributed by atoms with Crippen LogP contribution in [0.3, 0.4) is 0 Å². The van der Waals surface area contributed by atoms with Gasteiger partial charge in [0, 0.05) is 11.7 Å². The molecule has 1 rings (SSSR count). The van der Waals surface area contributed by atoms with Crippen molar-refractivity contribution in [2.24, 2.45) is 0 Å². The van der Waals surface area contributed by atoms with E-state index in [2.05, 4.69) is 53.1 Å². The van der Waals surface area contributed by atoms with Crippen molar-refractivity contribution in [3.63, 3.8) is 0 Å². The maximum atomic E-state index is 12.1. The SMILES string of the molecule is CCOC(=O)c1ccc(C)n1C#C[Si](C(C)C)(C(C)C)C(C)C. The van der Waals surface area contributed by atoms with Crippen LogP contribution in [-0.4, -0.2) is 25.2 Å². The quantitative estimate of drug-likeness (QED) is 0.431. The maximum Gasteiger partial charge on any atom is 0.355 e. The number of rotatable bonds is 5. The van der Waals surface area contributed by atoms with Crippen molar-refractivity contribution in [1.82, 2.24) is 4.57 Å². The van der Waals surface area contributed by atoms with Gasteiger partial charge in [-0.1, -0.05) is 41.5 Å². The highest BCUT2D eigenvalue weighted by molar-refractivity contribution is 6.90. The molecule has 0 saturated heterocycles. The molecule has 0 aliphatic rings. The van der Waals surface area contributed by atoms with Crippen molar-refractivity contribution in [3.05, 3.63) is 23.5 Å². The van der Waals surface area contributed by atoms with Crippen LogP contribution in [0.4, 0.5) is 0 Å². The maximum absolute atomic E-state index is 12.1. The Morgan fingerprint density at radius 2 is 1.65 bits per heavy atom. The minimum Gasteiger partial charge on any atom is -0.461 e. The van der Waals surface area contributed by atoms with Gasteiger partial charge in [0.1, 0.15) is 13.8 Å². The fourth-order valence-corrected chi connectivity index (χ4v) is 8.81. The summed E-state index contributed by atoms with van der Waals surface area (Å²) in [7, 11) is -1.82. The third-order valence-corrected chi connectivity index (χ3v) is 11.1. The molecular weight excluding hydrogens is 302 g/mol. The molecule has 0 unspecified atom stereocenters. The van der Waals surface area contributed by atoms with E-state index >= 15 is 0 Å². The second-order valence-corrected chi connectivity index (χ2v) is 12.6. The Bertz CT molecular complexity index is 581. The first kappa shape index (κ1) is 19.6. The van der Waals surface area contributed by atoms with Gasteiger partial charge in [-0.25, -0.2) is 4.79 Å². The van der Waals surface area contributed by atoms with Gasteiger partial charge < -0.3 is 4.74 Å². The lowest BCUT2D eigenvalue weighted by molar-refractivity contribution is 0.0517. The van der Waals surface area contributed by atoms with Crippen LogP contribution in [0.1, 0.15) is 64.6 Å². The summed E-state index contributed by atoms with van der Waals surface area (Å²) in [5.74, 6) is -0.305. The van der Waals surface area contributed by atoms with Crippen molar-refractivity contribution in [2.75, 3.05) is 6.61 Å². The minimum atomic E-state index is -1.82. The van der Waals surface area contributed by atoms with E-state index in [0.717, 1.165) is 5.69 Å². The summed E-state index contributed by atoms with van der Waals surface area (Å²) in [6.07, 6.45) is 0. The van der Waals surface area contributed by atoms with Crippen LogP contribution in [0.25, 0.3) is 0 Å². The number of aryl methyl sites for hydroxylation is 1. The first-order chi connectivity index (χ1) is 10.7. The summed E-state index contributed by atoms with van der Waals surface area (Å²) < 4.78 is 6.94. The molecule has 4 heteroatoms. The molecule has 23 heavy (non-hydrogen) atoms. The lowest BCUT2D eigenvalue weighted by Gasteiger charge is -2.37. The third kappa shape index (κ3) is 3.90. The normalized spacial score (nSPS) is 11.8.